The Morgan fingerprint density at radius 3 is 2.58 bits per heavy atom. The first-order chi connectivity index (χ1) is 5.38. The van der Waals surface area contributed by atoms with Crippen molar-refractivity contribution in [1.82, 2.24) is 0 Å². The van der Waals surface area contributed by atoms with E-state index in [1.54, 1.807) is 11.8 Å². The number of halogens is 1. The van der Waals surface area contributed by atoms with E-state index in [9.17, 15) is 0 Å². The van der Waals surface area contributed by atoms with Gasteiger partial charge in [0.1, 0.15) is 0 Å². The molecule has 12 heavy (non-hydrogen) atoms. The third-order valence-corrected chi connectivity index (χ3v) is 2.27. The van der Waals surface area contributed by atoms with E-state index in [2.05, 4.69) is 42.8 Å². The number of para-hydroxylation sites is 1. The number of thioether (sulfide) groups is 1. The highest BCUT2D eigenvalue weighted by Gasteiger charge is 1.95. The van der Waals surface area contributed by atoms with Crippen LogP contribution in [0.4, 0.5) is 5.69 Å². The molecule has 1 rings (SSSR count). The molecule has 0 radical (unpaired) electrons. The summed E-state index contributed by atoms with van der Waals surface area (Å²) < 4.78 is 0. The normalized spacial score (nSPS) is 8.83. The number of nitrogens with one attached hydrogen (secondary N) is 1. The molecule has 1 nitrogen and oxygen atoms in total. The number of anilines is 1. The summed E-state index contributed by atoms with van der Waals surface area (Å²) in [5.41, 5.74) is 1.24. The van der Waals surface area contributed by atoms with E-state index in [0.717, 1.165) is 6.54 Å². The van der Waals surface area contributed by atoms with Crippen LogP contribution in [0, 0.1) is 0 Å². The molecule has 0 saturated heterocycles. The lowest BCUT2D eigenvalue weighted by Crippen LogP contribution is -1.97. The Morgan fingerprint density at radius 1 is 1.33 bits per heavy atom. The van der Waals surface area contributed by atoms with Crippen LogP contribution < -0.4 is 5.32 Å². The minimum atomic E-state index is 0. The quantitative estimate of drug-likeness (QED) is 0.757. The number of rotatable bonds is 3. The summed E-state index contributed by atoms with van der Waals surface area (Å²) in [5.74, 6) is 0. The molecule has 1 aromatic carbocycles. The highest BCUT2D eigenvalue weighted by Crippen LogP contribution is 2.23. The zero-order chi connectivity index (χ0) is 8.10. The Labute approximate surface area is 84.4 Å². The molecular weight excluding hydrogens is 190 g/mol. The highest BCUT2D eigenvalue weighted by molar-refractivity contribution is 7.98. The largest absolute Gasteiger partial charge is 0.384 e. The minimum absolute atomic E-state index is 0. The molecule has 1 N–H and O–H groups in total. The minimum Gasteiger partial charge on any atom is -0.384 e. The molecule has 0 heterocycles. The van der Waals surface area contributed by atoms with E-state index in [-0.39, 0.29) is 12.4 Å². The van der Waals surface area contributed by atoms with Crippen LogP contribution >= 0.6 is 24.2 Å². The Hall–Kier alpha value is -0.340. The molecule has 0 spiro atoms. The van der Waals surface area contributed by atoms with Crippen molar-refractivity contribution in [2.75, 3.05) is 18.1 Å². The average Bonchev–Trinajstić information content (AvgIpc) is 2.06. The molecule has 3 heteroatoms. The molecule has 0 aliphatic carbocycles. The number of hydrogen-bond acceptors (Lipinski definition) is 2. The lowest BCUT2D eigenvalue weighted by atomic mass is 10.3. The molecule has 0 amide bonds. The van der Waals surface area contributed by atoms with Crippen molar-refractivity contribution in [2.45, 2.75) is 11.8 Å². The standard InChI is InChI=1S/C9H13NS.ClH/c1-3-10-8-6-4-5-7-9(8)11-2;/h4-7,10H,3H2,1-2H3;1H. The van der Waals surface area contributed by atoms with Gasteiger partial charge in [-0.3, -0.25) is 0 Å². The fourth-order valence-electron chi connectivity index (χ4n) is 0.981. The fourth-order valence-corrected chi connectivity index (χ4v) is 1.56. The molecule has 0 bridgehead atoms. The van der Waals surface area contributed by atoms with Crippen molar-refractivity contribution in [3.05, 3.63) is 24.3 Å². The molecular formula is C9H14ClNS. The lowest BCUT2D eigenvalue weighted by Gasteiger charge is -2.06. The van der Waals surface area contributed by atoms with Crippen LogP contribution in [0.1, 0.15) is 6.92 Å². The first-order valence-corrected chi connectivity index (χ1v) is 4.98. The van der Waals surface area contributed by atoms with Crippen LogP contribution in [-0.4, -0.2) is 12.8 Å². The summed E-state index contributed by atoms with van der Waals surface area (Å²) in [7, 11) is 0. The van der Waals surface area contributed by atoms with Gasteiger partial charge in [-0.1, -0.05) is 12.1 Å². The van der Waals surface area contributed by atoms with Gasteiger partial charge in [0.2, 0.25) is 0 Å². The van der Waals surface area contributed by atoms with Gasteiger partial charge in [0.15, 0.2) is 0 Å². The zero-order valence-electron chi connectivity index (χ0n) is 7.33. The second-order valence-electron chi connectivity index (χ2n) is 2.23. The van der Waals surface area contributed by atoms with Gasteiger partial charge in [-0.25, -0.2) is 0 Å². The van der Waals surface area contributed by atoms with Gasteiger partial charge in [0, 0.05) is 17.1 Å². The average molecular weight is 204 g/mol. The molecule has 68 valence electrons. The van der Waals surface area contributed by atoms with Crippen LogP contribution in [0.5, 0.6) is 0 Å². The monoisotopic (exact) mass is 203 g/mol. The van der Waals surface area contributed by atoms with Crippen molar-refractivity contribution in [3.63, 3.8) is 0 Å². The molecule has 0 saturated carbocycles. The summed E-state index contributed by atoms with van der Waals surface area (Å²) in [5, 5.41) is 3.31. The van der Waals surface area contributed by atoms with E-state index in [1.165, 1.54) is 10.6 Å². The van der Waals surface area contributed by atoms with Crippen molar-refractivity contribution in [2.24, 2.45) is 0 Å². The fraction of sp³-hybridized carbons (Fsp3) is 0.333. The van der Waals surface area contributed by atoms with Crippen LogP contribution in [0.3, 0.4) is 0 Å². The van der Waals surface area contributed by atoms with Crippen LogP contribution in [0.25, 0.3) is 0 Å². The Balaban J connectivity index is 0.00000121. The first kappa shape index (κ1) is 11.7. The molecule has 0 aliphatic heterocycles. The Morgan fingerprint density at radius 2 is 2.00 bits per heavy atom. The first-order valence-electron chi connectivity index (χ1n) is 3.75. The maximum absolute atomic E-state index is 3.31. The molecule has 0 fully saturated rings. The van der Waals surface area contributed by atoms with Gasteiger partial charge in [0.05, 0.1) is 0 Å². The highest BCUT2D eigenvalue weighted by atomic mass is 35.5. The van der Waals surface area contributed by atoms with Gasteiger partial charge < -0.3 is 5.32 Å². The van der Waals surface area contributed by atoms with E-state index >= 15 is 0 Å². The molecule has 0 atom stereocenters. The topological polar surface area (TPSA) is 12.0 Å². The van der Waals surface area contributed by atoms with Gasteiger partial charge in [-0.15, -0.1) is 24.2 Å². The summed E-state index contributed by atoms with van der Waals surface area (Å²) in [6.45, 7) is 3.09. The second kappa shape index (κ2) is 6.21. The second-order valence-corrected chi connectivity index (χ2v) is 3.08. The summed E-state index contributed by atoms with van der Waals surface area (Å²) in [4.78, 5) is 1.31. The van der Waals surface area contributed by atoms with Crippen molar-refractivity contribution < 1.29 is 0 Å². The maximum atomic E-state index is 3.31. The van der Waals surface area contributed by atoms with Gasteiger partial charge in [-0.05, 0) is 25.3 Å². The van der Waals surface area contributed by atoms with E-state index in [0.29, 0.717) is 0 Å². The SMILES string of the molecule is CCNc1ccccc1SC.Cl. The van der Waals surface area contributed by atoms with Crippen LogP contribution in [0.2, 0.25) is 0 Å². The van der Waals surface area contributed by atoms with E-state index in [4.69, 9.17) is 0 Å². The third-order valence-electron chi connectivity index (χ3n) is 1.47. The molecule has 0 aliphatic rings. The Kier molecular flexibility index (Phi) is 6.03. The molecule has 0 aromatic heterocycles. The van der Waals surface area contributed by atoms with Crippen molar-refractivity contribution in [1.29, 1.82) is 0 Å². The van der Waals surface area contributed by atoms with Gasteiger partial charge >= 0.3 is 0 Å². The van der Waals surface area contributed by atoms with Crippen molar-refractivity contribution >= 4 is 29.9 Å². The molecule has 0 unspecified atom stereocenters. The summed E-state index contributed by atoms with van der Waals surface area (Å²) in [6, 6.07) is 8.35. The summed E-state index contributed by atoms with van der Waals surface area (Å²) in [6.07, 6.45) is 2.09. The zero-order valence-corrected chi connectivity index (χ0v) is 8.97. The number of hydrogen-bond donors (Lipinski definition) is 1. The van der Waals surface area contributed by atoms with E-state index in [1.807, 2.05) is 0 Å². The van der Waals surface area contributed by atoms with Crippen molar-refractivity contribution in [3.8, 4) is 0 Å². The molecule has 1 aromatic rings. The predicted octanol–water partition coefficient (Wildman–Crippen LogP) is 3.26. The van der Waals surface area contributed by atoms with Crippen LogP contribution in [-0.2, 0) is 0 Å². The Bertz CT molecular complexity index is 228. The van der Waals surface area contributed by atoms with Gasteiger partial charge in [-0.2, -0.15) is 0 Å². The van der Waals surface area contributed by atoms with Gasteiger partial charge in [0.25, 0.3) is 0 Å². The summed E-state index contributed by atoms with van der Waals surface area (Å²) >= 11 is 1.77. The lowest BCUT2D eigenvalue weighted by molar-refractivity contribution is 1.19. The predicted molar refractivity (Wildman–Crippen MR) is 59.6 cm³/mol. The third kappa shape index (κ3) is 2.95. The van der Waals surface area contributed by atoms with Crippen LogP contribution in [0.15, 0.2) is 29.2 Å². The number of benzene rings is 1. The smallest absolute Gasteiger partial charge is 0.0478 e. The maximum Gasteiger partial charge on any atom is 0.0478 e. The van der Waals surface area contributed by atoms with E-state index < -0.39 is 0 Å².